The van der Waals surface area contributed by atoms with Crippen molar-refractivity contribution in [3.8, 4) is 0 Å². The van der Waals surface area contributed by atoms with Gasteiger partial charge in [-0.3, -0.25) is 4.57 Å². The van der Waals surface area contributed by atoms with E-state index in [0.29, 0.717) is 6.42 Å². The molecule has 1 aliphatic carbocycles. The van der Waals surface area contributed by atoms with E-state index in [0.717, 1.165) is 36.7 Å². The van der Waals surface area contributed by atoms with Crippen LogP contribution in [0.2, 0.25) is 0 Å². The first-order valence-electron chi connectivity index (χ1n) is 7.59. The topological polar surface area (TPSA) is 96.1 Å². The quantitative estimate of drug-likeness (QED) is 0.754. The van der Waals surface area contributed by atoms with Crippen LogP contribution in [0.1, 0.15) is 35.9 Å². The number of aliphatic hydroxyl groups is 1. The SMILES string of the molecule is Cc1occc1CNC[C@H]1C[C@H](c2n[nH]c(=O)n2C)C[C@H]1O. The lowest BCUT2D eigenvalue weighted by atomic mass is 10.0. The Morgan fingerprint density at radius 3 is 3.00 bits per heavy atom. The molecular formula is C15H22N4O3. The number of rotatable bonds is 5. The Kier molecular flexibility index (Phi) is 4.17. The van der Waals surface area contributed by atoms with E-state index in [2.05, 4.69) is 15.5 Å². The third-order valence-electron chi connectivity index (χ3n) is 4.63. The number of furan rings is 1. The van der Waals surface area contributed by atoms with Gasteiger partial charge in [0.15, 0.2) is 0 Å². The Labute approximate surface area is 128 Å². The minimum atomic E-state index is -0.366. The molecule has 0 spiro atoms. The van der Waals surface area contributed by atoms with Crippen LogP contribution in [0.3, 0.4) is 0 Å². The molecule has 2 aromatic heterocycles. The number of aromatic amines is 1. The largest absolute Gasteiger partial charge is 0.469 e. The Morgan fingerprint density at radius 2 is 2.36 bits per heavy atom. The van der Waals surface area contributed by atoms with Crippen molar-refractivity contribution >= 4 is 0 Å². The second-order valence-corrected chi connectivity index (χ2v) is 6.07. The monoisotopic (exact) mass is 306 g/mol. The maximum Gasteiger partial charge on any atom is 0.343 e. The van der Waals surface area contributed by atoms with Gasteiger partial charge in [-0.15, -0.1) is 0 Å². The zero-order chi connectivity index (χ0) is 15.7. The molecule has 1 fully saturated rings. The van der Waals surface area contributed by atoms with E-state index in [1.807, 2.05) is 13.0 Å². The van der Waals surface area contributed by atoms with Crippen LogP contribution in [0.15, 0.2) is 21.5 Å². The Balaban J connectivity index is 1.56. The van der Waals surface area contributed by atoms with Crippen molar-refractivity contribution in [1.82, 2.24) is 20.1 Å². The summed E-state index contributed by atoms with van der Waals surface area (Å²) in [5.41, 5.74) is 0.931. The van der Waals surface area contributed by atoms with Crippen LogP contribution in [0.5, 0.6) is 0 Å². The highest BCUT2D eigenvalue weighted by Crippen LogP contribution is 2.36. The van der Waals surface area contributed by atoms with Crippen LogP contribution >= 0.6 is 0 Å². The molecule has 0 amide bonds. The average Bonchev–Trinajstić information content (AvgIpc) is 3.14. The standard InChI is InChI=1S/C15H22N4O3/c1-9-10(3-4-22-9)7-16-8-12-5-11(6-13(12)20)14-17-18-15(21)19(14)2/h3-4,11-13,16,20H,5-8H2,1-2H3,(H,18,21)/t11-,12+,13+/m0/s1. The number of aliphatic hydroxyl groups excluding tert-OH is 1. The predicted molar refractivity (Wildman–Crippen MR) is 80.5 cm³/mol. The first kappa shape index (κ1) is 15.1. The Bertz CT molecular complexity index is 687. The summed E-state index contributed by atoms with van der Waals surface area (Å²) in [7, 11) is 1.71. The summed E-state index contributed by atoms with van der Waals surface area (Å²) in [5.74, 6) is 1.95. The van der Waals surface area contributed by atoms with Crippen molar-refractivity contribution in [2.45, 2.75) is 38.3 Å². The van der Waals surface area contributed by atoms with E-state index in [-0.39, 0.29) is 23.6 Å². The molecule has 3 rings (SSSR count). The number of aromatic nitrogens is 3. The zero-order valence-corrected chi connectivity index (χ0v) is 12.9. The molecule has 2 heterocycles. The number of hydrogen-bond acceptors (Lipinski definition) is 5. The molecule has 0 aliphatic heterocycles. The van der Waals surface area contributed by atoms with E-state index in [1.165, 1.54) is 4.57 Å². The second-order valence-electron chi connectivity index (χ2n) is 6.07. The summed E-state index contributed by atoms with van der Waals surface area (Å²) in [6.45, 7) is 3.41. The summed E-state index contributed by atoms with van der Waals surface area (Å²) < 4.78 is 6.79. The molecule has 22 heavy (non-hydrogen) atoms. The molecule has 0 bridgehead atoms. The van der Waals surface area contributed by atoms with Crippen molar-refractivity contribution in [3.05, 3.63) is 40.0 Å². The molecule has 0 aromatic carbocycles. The molecule has 3 N–H and O–H groups in total. The normalized spacial score (nSPS) is 25.0. The molecule has 0 saturated heterocycles. The average molecular weight is 306 g/mol. The zero-order valence-electron chi connectivity index (χ0n) is 12.9. The van der Waals surface area contributed by atoms with Gasteiger partial charge in [0.2, 0.25) is 0 Å². The lowest BCUT2D eigenvalue weighted by Crippen LogP contribution is -2.27. The Morgan fingerprint density at radius 1 is 1.55 bits per heavy atom. The highest BCUT2D eigenvalue weighted by molar-refractivity contribution is 5.15. The van der Waals surface area contributed by atoms with E-state index in [9.17, 15) is 9.90 Å². The molecule has 0 unspecified atom stereocenters. The molecule has 7 heteroatoms. The van der Waals surface area contributed by atoms with Gasteiger partial charge in [0, 0.05) is 31.6 Å². The van der Waals surface area contributed by atoms with Crippen LogP contribution in [0.25, 0.3) is 0 Å². The number of hydrogen-bond donors (Lipinski definition) is 3. The summed E-state index contributed by atoms with van der Waals surface area (Å²) >= 11 is 0. The number of nitrogens with zero attached hydrogens (tertiary/aromatic N) is 2. The van der Waals surface area contributed by atoms with Gasteiger partial charge in [0.05, 0.1) is 12.4 Å². The smallest absolute Gasteiger partial charge is 0.343 e. The van der Waals surface area contributed by atoms with E-state index < -0.39 is 0 Å². The molecule has 120 valence electrons. The molecule has 7 nitrogen and oxygen atoms in total. The van der Waals surface area contributed by atoms with Crippen LogP contribution in [-0.4, -0.2) is 32.5 Å². The minimum absolute atomic E-state index is 0.126. The van der Waals surface area contributed by atoms with Gasteiger partial charge in [-0.1, -0.05) is 0 Å². The number of aryl methyl sites for hydroxylation is 1. The van der Waals surface area contributed by atoms with Crippen LogP contribution in [-0.2, 0) is 13.6 Å². The fourth-order valence-corrected chi connectivity index (χ4v) is 3.24. The summed E-state index contributed by atoms with van der Waals surface area (Å²) in [6.07, 6.45) is 2.80. The molecule has 0 radical (unpaired) electrons. The fraction of sp³-hybridized carbons (Fsp3) is 0.600. The van der Waals surface area contributed by atoms with Crippen molar-refractivity contribution < 1.29 is 9.52 Å². The van der Waals surface area contributed by atoms with Crippen molar-refractivity contribution in [1.29, 1.82) is 0 Å². The van der Waals surface area contributed by atoms with Crippen molar-refractivity contribution in [2.75, 3.05) is 6.54 Å². The second kappa shape index (κ2) is 6.10. The van der Waals surface area contributed by atoms with Crippen LogP contribution in [0, 0.1) is 12.8 Å². The third-order valence-corrected chi connectivity index (χ3v) is 4.63. The molecule has 1 aliphatic rings. The van der Waals surface area contributed by atoms with Crippen molar-refractivity contribution in [2.24, 2.45) is 13.0 Å². The van der Waals surface area contributed by atoms with Gasteiger partial charge < -0.3 is 14.8 Å². The van der Waals surface area contributed by atoms with E-state index in [1.54, 1.807) is 13.3 Å². The summed E-state index contributed by atoms with van der Waals surface area (Å²) in [6, 6.07) is 1.95. The van der Waals surface area contributed by atoms with Gasteiger partial charge in [-0.25, -0.2) is 9.89 Å². The lowest BCUT2D eigenvalue weighted by Gasteiger charge is -2.14. The van der Waals surface area contributed by atoms with Gasteiger partial charge in [-0.05, 0) is 31.7 Å². The molecule has 2 aromatic rings. The fourth-order valence-electron chi connectivity index (χ4n) is 3.24. The highest BCUT2D eigenvalue weighted by Gasteiger charge is 2.35. The third kappa shape index (κ3) is 2.86. The van der Waals surface area contributed by atoms with Gasteiger partial charge in [-0.2, -0.15) is 5.10 Å². The van der Waals surface area contributed by atoms with Gasteiger partial charge in [0.1, 0.15) is 11.6 Å². The van der Waals surface area contributed by atoms with Crippen LogP contribution in [0.4, 0.5) is 0 Å². The van der Waals surface area contributed by atoms with E-state index >= 15 is 0 Å². The maximum absolute atomic E-state index is 11.5. The van der Waals surface area contributed by atoms with Crippen LogP contribution < -0.4 is 11.0 Å². The van der Waals surface area contributed by atoms with Crippen molar-refractivity contribution in [3.63, 3.8) is 0 Å². The first-order chi connectivity index (χ1) is 10.6. The van der Waals surface area contributed by atoms with Gasteiger partial charge >= 0.3 is 5.69 Å². The molecular weight excluding hydrogens is 284 g/mol. The molecule has 1 saturated carbocycles. The predicted octanol–water partition coefficient (Wildman–Crippen LogP) is 0.654. The Hall–Kier alpha value is -1.86. The first-order valence-corrected chi connectivity index (χ1v) is 7.59. The number of H-pyrrole nitrogens is 1. The lowest BCUT2D eigenvalue weighted by molar-refractivity contribution is 0.131. The summed E-state index contributed by atoms with van der Waals surface area (Å²) in [4.78, 5) is 11.5. The highest BCUT2D eigenvalue weighted by atomic mass is 16.3. The number of nitrogens with one attached hydrogen (secondary N) is 2. The summed E-state index contributed by atoms with van der Waals surface area (Å²) in [5, 5.41) is 20.2. The molecule has 3 atom stereocenters. The van der Waals surface area contributed by atoms with E-state index in [4.69, 9.17) is 4.42 Å². The minimum Gasteiger partial charge on any atom is -0.469 e. The van der Waals surface area contributed by atoms with Gasteiger partial charge in [0.25, 0.3) is 0 Å². The maximum atomic E-state index is 11.5.